The number of carboxylic acid groups (broad SMARTS) is 1. The summed E-state index contributed by atoms with van der Waals surface area (Å²) in [6.45, 7) is 3.02. The molecule has 0 aliphatic heterocycles. The highest BCUT2D eigenvalue weighted by atomic mass is 16.5. The van der Waals surface area contributed by atoms with Crippen molar-refractivity contribution in [2.45, 2.75) is 19.9 Å². The normalized spacial score (nSPS) is 11.7. The largest absolute Gasteiger partial charge is 0.480 e. The molecule has 0 fully saturated rings. The van der Waals surface area contributed by atoms with Gasteiger partial charge in [-0.15, -0.1) is 0 Å². The Balaban J connectivity index is 3.95. The molecule has 0 aliphatic carbocycles. The van der Waals surface area contributed by atoms with Gasteiger partial charge in [-0.25, -0.2) is 4.79 Å². The molecule has 1 unspecified atom stereocenters. The Morgan fingerprint density at radius 2 is 1.94 bits per heavy atom. The second kappa shape index (κ2) is 7.61. The number of ether oxygens (including phenoxy) is 1. The smallest absolute Gasteiger partial charge is 0.329 e. The summed E-state index contributed by atoms with van der Waals surface area (Å²) in [4.78, 5) is 34.4. The quantitative estimate of drug-likeness (QED) is 0.605. The monoisotopic (exact) mass is 246 g/mol. The Labute approximate surface area is 99.7 Å². The van der Waals surface area contributed by atoms with E-state index in [9.17, 15) is 14.4 Å². The number of carboxylic acids is 1. The molecule has 17 heavy (non-hydrogen) atoms. The van der Waals surface area contributed by atoms with Crippen LogP contribution in [0, 0.1) is 0 Å². The number of likely N-dealkylation sites (N-methyl/N-ethyl adjacent to an activating group) is 1. The van der Waals surface area contributed by atoms with E-state index in [2.05, 4.69) is 10.1 Å². The lowest BCUT2D eigenvalue weighted by atomic mass is 10.3. The molecule has 0 heterocycles. The minimum Gasteiger partial charge on any atom is -0.480 e. The maximum Gasteiger partial charge on any atom is 0.329 e. The van der Waals surface area contributed by atoms with Crippen LogP contribution in [0.15, 0.2) is 0 Å². The number of hydrogen-bond acceptors (Lipinski definition) is 4. The molecule has 0 aromatic rings. The van der Waals surface area contributed by atoms with E-state index in [0.717, 1.165) is 0 Å². The molecule has 7 nitrogen and oxygen atoms in total. The van der Waals surface area contributed by atoms with Gasteiger partial charge in [-0.2, -0.15) is 0 Å². The third kappa shape index (κ3) is 6.52. The third-order valence-corrected chi connectivity index (χ3v) is 2.06. The fraction of sp³-hybridized carbons (Fsp3) is 0.700. The molecule has 0 saturated carbocycles. The van der Waals surface area contributed by atoms with E-state index < -0.39 is 24.5 Å². The molecule has 1 atom stereocenters. The van der Waals surface area contributed by atoms with Crippen LogP contribution in [0.3, 0.4) is 0 Å². The van der Waals surface area contributed by atoms with E-state index in [1.165, 1.54) is 4.90 Å². The second-order valence-corrected chi connectivity index (χ2v) is 3.53. The predicted molar refractivity (Wildman–Crippen MR) is 59.4 cm³/mol. The summed E-state index contributed by atoms with van der Waals surface area (Å²) in [5.74, 6) is -1.87. The summed E-state index contributed by atoms with van der Waals surface area (Å²) in [6, 6.07) is -0.652. The molecular weight excluding hydrogens is 228 g/mol. The van der Waals surface area contributed by atoms with Crippen molar-refractivity contribution in [1.82, 2.24) is 10.2 Å². The summed E-state index contributed by atoms with van der Waals surface area (Å²) >= 11 is 0. The van der Waals surface area contributed by atoms with Gasteiger partial charge in [0, 0.05) is 13.6 Å². The topological polar surface area (TPSA) is 95.9 Å². The molecule has 0 aromatic carbocycles. The summed E-state index contributed by atoms with van der Waals surface area (Å²) in [5.41, 5.74) is 0. The number of nitrogens with zero attached hydrogens (tertiary/aromatic N) is 1. The molecule has 2 N–H and O–H groups in total. The highest BCUT2D eigenvalue weighted by molar-refractivity contribution is 5.87. The summed E-state index contributed by atoms with van der Waals surface area (Å²) in [7, 11) is 1.63. The number of hydrogen-bond donors (Lipinski definition) is 2. The van der Waals surface area contributed by atoms with Gasteiger partial charge >= 0.3 is 5.97 Å². The SMILES string of the molecule is CCN(C)C(=O)C(C)NC(=O)COCC(=O)O. The minimum atomic E-state index is -1.15. The van der Waals surface area contributed by atoms with Gasteiger partial charge in [0.05, 0.1) is 0 Å². The van der Waals surface area contributed by atoms with Gasteiger partial charge in [-0.1, -0.05) is 0 Å². The van der Waals surface area contributed by atoms with Crippen molar-refractivity contribution >= 4 is 17.8 Å². The van der Waals surface area contributed by atoms with Crippen LogP contribution in [0.1, 0.15) is 13.8 Å². The van der Waals surface area contributed by atoms with E-state index in [-0.39, 0.29) is 12.5 Å². The predicted octanol–water partition coefficient (Wildman–Crippen LogP) is -0.929. The number of aliphatic carboxylic acids is 1. The summed E-state index contributed by atoms with van der Waals surface area (Å²) in [5, 5.41) is 10.7. The van der Waals surface area contributed by atoms with E-state index >= 15 is 0 Å². The first-order valence-corrected chi connectivity index (χ1v) is 5.22. The first kappa shape index (κ1) is 15.4. The fourth-order valence-electron chi connectivity index (χ4n) is 1.06. The van der Waals surface area contributed by atoms with E-state index in [4.69, 9.17) is 5.11 Å². The number of nitrogens with one attached hydrogen (secondary N) is 1. The Bertz CT molecular complexity index is 292. The lowest BCUT2D eigenvalue weighted by molar-refractivity contribution is -0.144. The van der Waals surface area contributed by atoms with Gasteiger partial charge in [0.2, 0.25) is 11.8 Å². The lowest BCUT2D eigenvalue weighted by Crippen LogP contribution is -2.46. The number of carbonyl (C=O) groups excluding carboxylic acids is 2. The lowest BCUT2D eigenvalue weighted by Gasteiger charge is -2.20. The molecule has 0 bridgehead atoms. The van der Waals surface area contributed by atoms with E-state index in [0.29, 0.717) is 6.54 Å². The third-order valence-electron chi connectivity index (χ3n) is 2.06. The molecule has 0 saturated heterocycles. The van der Waals surface area contributed by atoms with Crippen LogP contribution in [0.2, 0.25) is 0 Å². The van der Waals surface area contributed by atoms with E-state index in [1.807, 2.05) is 6.92 Å². The highest BCUT2D eigenvalue weighted by Crippen LogP contribution is 1.91. The van der Waals surface area contributed by atoms with Crippen LogP contribution in [0.5, 0.6) is 0 Å². The van der Waals surface area contributed by atoms with Crippen LogP contribution >= 0.6 is 0 Å². The first-order chi connectivity index (χ1) is 7.88. The van der Waals surface area contributed by atoms with Crippen LogP contribution in [-0.4, -0.2) is 60.6 Å². The van der Waals surface area contributed by atoms with Crippen molar-refractivity contribution in [2.75, 3.05) is 26.8 Å². The maximum absolute atomic E-state index is 11.6. The maximum atomic E-state index is 11.6. The molecule has 7 heteroatoms. The molecular formula is C10H18N2O5. The highest BCUT2D eigenvalue weighted by Gasteiger charge is 2.18. The van der Waals surface area contributed by atoms with Crippen molar-refractivity contribution in [3.63, 3.8) is 0 Å². The average Bonchev–Trinajstić information content (AvgIpc) is 2.26. The number of amides is 2. The summed E-state index contributed by atoms with van der Waals surface area (Å²) in [6.07, 6.45) is 0. The van der Waals surface area contributed by atoms with Gasteiger partial charge in [0.1, 0.15) is 19.3 Å². The zero-order chi connectivity index (χ0) is 13.4. The first-order valence-electron chi connectivity index (χ1n) is 5.22. The Morgan fingerprint density at radius 1 is 1.35 bits per heavy atom. The Morgan fingerprint density at radius 3 is 2.41 bits per heavy atom. The molecule has 0 spiro atoms. The average molecular weight is 246 g/mol. The minimum absolute atomic E-state index is 0.209. The Kier molecular flexibility index (Phi) is 6.88. The Hall–Kier alpha value is -1.63. The summed E-state index contributed by atoms with van der Waals surface area (Å²) < 4.78 is 4.59. The number of rotatable bonds is 7. The molecule has 0 aliphatic rings. The van der Waals surface area contributed by atoms with Crippen molar-refractivity contribution in [2.24, 2.45) is 0 Å². The van der Waals surface area contributed by atoms with Crippen LogP contribution < -0.4 is 5.32 Å². The van der Waals surface area contributed by atoms with Crippen molar-refractivity contribution in [3.8, 4) is 0 Å². The van der Waals surface area contributed by atoms with Crippen molar-refractivity contribution in [3.05, 3.63) is 0 Å². The van der Waals surface area contributed by atoms with Crippen molar-refractivity contribution < 1.29 is 24.2 Å². The number of carbonyl (C=O) groups is 3. The van der Waals surface area contributed by atoms with Gasteiger partial charge in [0.25, 0.3) is 0 Å². The zero-order valence-electron chi connectivity index (χ0n) is 10.2. The fourth-order valence-corrected chi connectivity index (χ4v) is 1.06. The van der Waals surface area contributed by atoms with Crippen molar-refractivity contribution in [1.29, 1.82) is 0 Å². The molecule has 0 aromatic heterocycles. The van der Waals surface area contributed by atoms with Gasteiger partial charge < -0.3 is 20.1 Å². The van der Waals surface area contributed by atoms with Crippen LogP contribution in [0.4, 0.5) is 0 Å². The van der Waals surface area contributed by atoms with Crippen LogP contribution in [-0.2, 0) is 19.1 Å². The van der Waals surface area contributed by atoms with Gasteiger partial charge in [-0.3, -0.25) is 9.59 Å². The zero-order valence-corrected chi connectivity index (χ0v) is 10.2. The van der Waals surface area contributed by atoms with Crippen LogP contribution in [0.25, 0.3) is 0 Å². The van der Waals surface area contributed by atoms with E-state index in [1.54, 1.807) is 14.0 Å². The molecule has 2 amide bonds. The van der Waals surface area contributed by atoms with Gasteiger partial charge in [-0.05, 0) is 13.8 Å². The molecule has 0 radical (unpaired) electrons. The standard InChI is InChI=1S/C10H18N2O5/c1-4-12(3)10(16)7(2)11-8(13)5-17-6-9(14)15/h7H,4-6H2,1-3H3,(H,11,13)(H,14,15). The second-order valence-electron chi connectivity index (χ2n) is 3.53. The van der Waals surface area contributed by atoms with Gasteiger partial charge in [0.15, 0.2) is 0 Å². The molecule has 98 valence electrons. The molecule has 0 rings (SSSR count).